The van der Waals surface area contributed by atoms with Gasteiger partial charge in [-0.15, -0.1) is 0 Å². The summed E-state index contributed by atoms with van der Waals surface area (Å²) in [5.74, 6) is 0.809. The highest BCUT2D eigenvalue weighted by atomic mass is 32.2. The quantitative estimate of drug-likeness (QED) is 0.648. The van der Waals surface area contributed by atoms with E-state index in [1.807, 2.05) is 61.5 Å². The predicted octanol–water partition coefficient (Wildman–Crippen LogP) is 4.18. The molecule has 144 valence electrons. The lowest BCUT2D eigenvalue weighted by molar-refractivity contribution is 0.292. The van der Waals surface area contributed by atoms with E-state index in [1.165, 1.54) is 9.71 Å². The molecule has 7 heteroatoms. The van der Waals surface area contributed by atoms with Crippen molar-refractivity contribution in [3.8, 4) is 11.4 Å². The van der Waals surface area contributed by atoms with Crippen molar-refractivity contribution in [2.45, 2.75) is 25.8 Å². The van der Waals surface area contributed by atoms with E-state index >= 15 is 0 Å². The topological polar surface area (TPSA) is 76.3 Å². The summed E-state index contributed by atoms with van der Waals surface area (Å²) in [5, 5.41) is 5.29. The Labute approximate surface area is 164 Å². The number of aromatic nitrogens is 2. The molecule has 0 N–H and O–H groups in total. The number of rotatable bonds is 5. The number of aryl methyl sites for hydroxylation is 1. The van der Waals surface area contributed by atoms with Crippen LogP contribution >= 0.6 is 0 Å². The molecular formula is C21H21N3O3S. The summed E-state index contributed by atoms with van der Waals surface area (Å²) in [7, 11) is -3.59. The Morgan fingerprint density at radius 2 is 1.86 bits per heavy atom. The maximum atomic E-state index is 12.9. The molecule has 4 rings (SSSR count). The van der Waals surface area contributed by atoms with Gasteiger partial charge in [0.25, 0.3) is 0 Å². The first kappa shape index (κ1) is 18.6. The normalized spacial score (nSPS) is 18.1. The molecule has 0 aliphatic carbocycles. The van der Waals surface area contributed by atoms with E-state index in [0.717, 1.165) is 23.1 Å². The molecule has 2 heterocycles. The van der Waals surface area contributed by atoms with E-state index in [-0.39, 0.29) is 0 Å². The monoisotopic (exact) mass is 395 g/mol. The van der Waals surface area contributed by atoms with Gasteiger partial charge in [0.15, 0.2) is 0 Å². The van der Waals surface area contributed by atoms with Crippen LogP contribution in [0.1, 0.15) is 35.9 Å². The summed E-state index contributed by atoms with van der Waals surface area (Å²) >= 11 is 0. The molecule has 1 atom stereocenters. The molecule has 0 spiro atoms. The number of nitrogens with zero attached hydrogens (tertiary/aromatic N) is 3. The van der Waals surface area contributed by atoms with Gasteiger partial charge < -0.3 is 4.52 Å². The van der Waals surface area contributed by atoms with E-state index in [0.29, 0.717) is 24.7 Å². The second kappa shape index (κ2) is 7.69. The van der Waals surface area contributed by atoms with E-state index < -0.39 is 16.1 Å². The van der Waals surface area contributed by atoms with Crippen LogP contribution in [0, 0.1) is 6.92 Å². The van der Waals surface area contributed by atoms with Crippen LogP contribution < -0.4 is 0 Å². The zero-order valence-electron chi connectivity index (χ0n) is 15.5. The van der Waals surface area contributed by atoms with Gasteiger partial charge in [-0.1, -0.05) is 65.3 Å². The van der Waals surface area contributed by atoms with Crippen molar-refractivity contribution in [2.24, 2.45) is 0 Å². The summed E-state index contributed by atoms with van der Waals surface area (Å²) < 4.78 is 32.6. The average Bonchev–Trinajstić information content (AvgIpc) is 3.37. The van der Waals surface area contributed by atoms with Gasteiger partial charge in [0.1, 0.15) is 6.04 Å². The molecule has 1 aliphatic heterocycles. The lowest BCUT2D eigenvalue weighted by Gasteiger charge is -2.19. The van der Waals surface area contributed by atoms with Gasteiger partial charge in [0, 0.05) is 17.5 Å². The van der Waals surface area contributed by atoms with E-state index in [4.69, 9.17) is 4.52 Å². The largest absolute Gasteiger partial charge is 0.337 e. The number of sulfonamides is 1. The summed E-state index contributed by atoms with van der Waals surface area (Å²) in [6.45, 7) is 2.45. The van der Waals surface area contributed by atoms with Gasteiger partial charge in [-0.2, -0.15) is 9.29 Å². The van der Waals surface area contributed by atoms with Crippen molar-refractivity contribution in [1.82, 2.24) is 14.4 Å². The molecule has 1 fully saturated rings. The van der Waals surface area contributed by atoms with E-state index in [2.05, 4.69) is 10.1 Å². The number of hydrogen-bond acceptors (Lipinski definition) is 5. The molecule has 0 saturated carbocycles. The minimum atomic E-state index is -3.59. The Hall–Kier alpha value is -2.77. The molecule has 1 aromatic heterocycles. The molecule has 28 heavy (non-hydrogen) atoms. The van der Waals surface area contributed by atoms with Crippen LogP contribution in [-0.2, 0) is 10.0 Å². The van der Waals surface area contributed by atoms with Crippen LogP contribution in [0.2, 0.25) is 0 Å². The zero-order chi connectivity index (χ0) is 19.6. The summed E-state index contributed by atoms with van der Waals surface area (Å²) in [5.41, 5.74) is 2.82. The Morgan fingerprint density at radius 1 is 1.11 bits per heavy atom. The Kier molecular flexibility index (Phi) is 5.11. The van der Waals surface area contributed by atoms with Gasteiger partial charge in [0.2, 0.25) is 21.7 Å². The van der Waals surface area contributed by atoms with Gasteiger partial charge in [-0.25, -0.2) is 8.42 Å². The highest BCUT2D eigenvalue weighted by Gasteiger charge is 2.37. The van der Waals surface area contributed by atoms with Crippen LogP contribution in [0.5, 0.6) is 0 Å². The molecule has 0 bridgehead atoms. The third kappa shape index (κ3) is 3.90. The van der Waals surface area contributed by atoms with Gasteiger partial charge in [-0.05, 0) is 31.4 Å². The standard InChI is InChI=1S/C21H21N3O3S/c1-16-9-11-18(12-10-16)20-22-21(27-23-20)19-8-5-14-24(19)28(25,26)15-13-17-6-3-2-4-7-17/h2-4,6-7,9-13,15,19H,5,8,14H2,1H3/b15-13+. The van der Waals surface area contributed by atoms with E-state index in [1.54, 1.807) is 6.08 Å². The Morgan fingerprint density at radius 3 is 2.61 bits per heavy atom. The SMILES string of the molecule is Cc1ccc(-c2noc(C3CCCN3S(=O)(=O)/C=C/c3ccccc3)n2)cc1. The van der Waals surface area contributed by atoms with Crippen LogP contribution in [0.4, 0.5) is 0 Å². The van der Waals surface area contributed by atoms with Crippen molar-refractivity contribution >= 4 is 16.1 Å². The Bertz CT molecular complexity index is 1070. The second-order valence-electron chi connectivity index (χ2n) is 6.85. The average molecular weight is 395 g/mol. The van der Waals surface area contributed by atoms with Gasteiger partial charge in [0.05, 0.1) is 0 Å². The third-order valence-corrected chi connectivity index (χ3v) is 6.37. The maximum Gasteiger partial charge on any atom is 0.245 e. The first-order valence-electron chi connectivity index (χ1n) is 9.18. The highest BCUT2D eigenvalue weighted by molar-refractivity contribution is 7.92. The van der Waals surface area contributed by atoms with Gasteiger partial charge in [-0.3, -0.25) is 0 Å². The fourth-order valence-electron chi connectivity index (χ4n) is 3.29. The zero-order valence-corrected chi connectivity index (χ0v) is 16.3. The van der Waals surface area contributed by atoms with Crippen molar-refractivity contribution in [3.05, 3.63) is 77.0 Å². The van der Waals surface area contributed by atoms with E-state index in [9.17, 15) is 8.42 Å². The molecule has 0 amide bonds. The lowest BCUT2D eigenvalue weighted by atomic mass is 10.1. The molecule has 3 aromatic rings. The van der Waals surface area contributed by atoms with Crippen LogP contribution in [0.3, 0.4) is 0 Å². The van der Waals surface area contributed by atoms with Crippen LogP contribution in [-0.4, -0.2) is 29.4 Å². The number of hydrogen-bond donors (Lipinski definition) is 0. The molecule has 1 unspecified atom stereocenters. The molecule has 2 aromatic carbocycles. The summed E-state index contributed by atoms with van der Waals surface area (Å²) in [6.07, 6.45) is 3.02. The fraction of sp³-hybridized carbons (Fsp3) is 0.238. The summed E-state index contributed by atoms with van der Waals surface area (Å²) in [4.78, 5) is 4.47. The lowest BCUT2D eigenvalue weighted by Crippen LogP contribution is -2.29. The van der Waals surface area contributed by atoms with Crippen molar-refractivity contribution in [3.63, 3.8) is 0 Å². The van der Waals surface area contributed by atoms with Crippen LogP contribution in [0.25, 0.3) is 17.5 Å². The first-order valence-corrected chi connectivity index (χ1v) is 10.7. The molecular weight excluding hydrogens is 374 g/mol. The maximum absolute atomic E-state index is 12.9. The van der Waals surface area contributed by atoms with Crippen molar-refractivity contribution in [1.29, 1.82) is 0 Å². The predicted molar refractivity (Wildman–Crippen MR) is 108 cm³/mol. The highest BCUT2D eigenvalue weighted by Crippen LogP contribution is 2.34. The minimum Gasteiger partial charge on any atom is -0.337 e. The first-order chi connectivity index (χ1) is 13.5. The van der Waals surface area contributed by atoms with Crippen molar-refractivity contribution < 1.29 is 12.9 Å². The fourth-order valence-corrected chi connectivity index (χ4v) is 4.71. The minimum absolute atomic E-state index is 0.338. The number of benzene rings is 2. The van der Waals surface area contributed by atoms with Crippen LogP contribution in [0.15, 0.2) is 64.5 Å². The smallest absolute Gasteiger partial charge is 0.245 e. The molecule has 1 saturated heterocycles. The third-order valence-electron chi connectivity index (χ3n) is 4.80. The van der Waals surface area contributed by atoms with Gasteiger partial charge >= 0.3 is 0 Å². The van der Waals surface area contributed by atoms with Crippen molar-refractivity contribution in [2.75, 3.05) is 6.54 Å². The summed E-state index contributed by atoms with van der Waals surface area (Å²) in [6, 6.07) is 16.7. The molecule has 6 nitrogen and oxygen atoms in total. The molecule has 1 aliphatic rings. The molecule has 0 radical (unpaired) electrons. The second-order valence-corrected chi connectivity index (χ2v) is 8.62. The Balaban J connectivity index is 1.57.